The molecule has 2 aliphatic rings. The van der Waals surface area contributed by atoms with Gasteiger partial charge in [0.05, 0.1) is 4.92 Å². The number of aromatic nitrogens is 2. The van der Waals surface area contributed by atoms with Gasteiger partial charge in [0.25, 0.3) is 5.91 Å². The van der Waals surface area contributed by atoms with Crippen molar-refractivity contribution in [3.05, 3.63) is 45.8 Å². The van der Waals surface area contributed by atoms with E-state index < -0.39 is 22.3 Å². The number of carbonyl (C=O) groups excluding carboxylic acids is 1. The van der Waals surface area contributed by atoms with Gasteiger partial charge in [-0.15, -0.1) is 0 Å². The van der Waals surface area contributed by atoms with Crippen molar-refractivity contribution in [3.63, 3.8) is 0 Å². The van der Waals surface area contributed by atoms with E-state index >= 15 is 0 Å². The van der Waals surface area contributed by atoms with Gasteiger partial charge in [-0.1, -0.05) is 0 Å². The molecule has 11 nitrogen and oxygen atoms in total. The summed E-state index contributed by atoms with van der Waals surface area (Å²) in [6.45, 7) is 6.38. The molecular formula is C24H33FN8O3. The van der Waals surface area contributed by atoms with Gasteiger partial charge in [-0.25, -0.2) is 0 Å². The van der Waals surface area contributed by atoms with E-state index in [2.05, 4.69) is 25.3 Å². The van der Waals surface area contributed by atoms with Crippen LogP contribution < -0.4 is 20.4 Å². The Morgan fingerprint density at radius 3 is 2.39 bits per heavy atom. The summed E-state index contributed by atoms with van der Waals surface area (Å²) in [6.07, 6.45) is 4.71. The van der Waals surface area contributed by atoms with Gasteiger partial charge in [0, 0.05) is 70.1 Å². The number of anilines is 3. The third-order valence-corrected chi connectivity index (χ3v) is 6.51. The Kier molecular flexibility index (Phi) is 8.47. The van der Waals surface area contributed by atoms with Crippen LogP contribution in [0.5, 0.6) is 0 Å². The van der Waals surface area contributed by atoms with Crippen LogP contribution in [0.25, 0.3) is 0 Å². The van der Waals surface area contributed by atoms with E-state index in [0.29, 0.717) is 19.6 Å². The lowest BCUT2D eigenvalue weighted by Gasteiger charge is -2.22. The van der Waals surface area contributed by atoms with Crippen molar-refractivity contribution in [2.75, 3.05) is 74.5 Å². The second-order valence-electron chi connectivity index (χ2n) is 9.21. The zero-order chi connectivity index (χ0) is 25.5. The molecule has 2 saturated heterocycles. The smallest absolute Gasteiger partial charge is 0.304 e. The molecule has 1 aromatic heterocycles. The summed E-state index contributed by atoms with van der Waals surface area (Å²) in [5.41, 5.74) is -0.601. The predicted octanol–water partition coefficient (Wildman–Crippen LogP) is 2.50. The molecule has 0 atom stereocenters. The first-order valence-corrected chi connectivity index (χ1v) is 12.4. The molecule has 0 bridgehead atoms. The van der Waals surface area contributed by atoms with Crippen molar-refractivity contribution in [1.29, 1.82) is 0 Å². The van der Waals surface area contributed by atoms with E-state index in [1.165, 1.54) is 31.7 Å². The van der Waals surface area contributed by atoms with Crippen LogP contribution in [0, 0.1) is 15.9 Å². The van der Waals surface area contributed by atoms with Crippen LogP contribution in [0.1, 0.15) is 36.0 Å². The molecule has 2 aromatic rings. The molecule has 2 fully saturated rings. The average Bonchev–Trinajstić information content (AvgIpc) is 3.58. The molecule has 3 heterocycles. The first-order chi connectivity index (χ1) is 17.4. The monoisotopic (exact) mass is 500 g/mol. The van der Waals surface area contributed by atoms with Gasteiger partial charge in [-0.05, 0) is 44.9 Å². The average molecular weight is 501 g/mol. The highest BCUT2D eigenvalue weighted by atomic mass is 19.1. The number of rotatable bonds is 11. The lowest BCUT2D eigenvalue weighted by Crippen LogP contribution is -2.35. The minimum absolute atomic E-state index is 0.0498. The lowest BCUT2D eigenvalue weighted by atomic mass is 10.2. The third-order valence-electron chi connectivity index (χ3n) is 6.51. The Labute approximate surface area is 209 Å². The normalized spacial score (nSPS) is 15.5. The maximum Gasteiger partial charge on any atom is 0.304 e. The van der Waals surface area contributed by atoms with E-state index in [1.807, 2.05) is 13.1 Å². The number of nitrogens with zero attached hydrogens (tertiary/aromatic N) is 6. The minimum atomic E-state index is -1.03. The Balaban J connectivity index is 1.24. The van der Waals surface area contributed by atoms with Crippen LogP contribution in [-0.2, 0) is 0 Å². The van der Waals surface area contributed by atoms with Crippen molar-refractivity contribution < 1.29 is 14.1 Å². The summed E-state index contributed by atoms with van der Waals surface area (Å²) in [5, 5.41) is 16.9. The summed E-state index contributed by atoms with van der Waals surface area (Å²) < 4.78 is 13.8. The topological polar surface area (TPSA) is 120 Å². The number of hydrogen-bond donors (Lipinski definition) is 2. The fraction of sp³-hybridized carbons (Fsp3) is 0.542. The van der Waals surface area contributed by atoms with Gasteiger partial charge < -0.3 is 25.3 Å². The first kappa shape index (κ1) is 25.5. The van der Waals surface area contributed by atoms with Gasteiger partial charge in [-0.2, -0.15) is 14.4 Å². The molecule has 4 rings (SSSR count). The number of halogens is 1. The van der Waals surface area contributed by atoms with E-state index in [4.69, 9.17) is 9.97 Å². The molecule has 1 amide bonds. The molecular weight excluding hydrogens is 467 g/mol. The quantitative estimate of drug-likeness (QED) is 0.354. The SMILES string of the molecule is CN(CCNC(=O)c1ccc([N+](=O)[O-])c(F)c1)CCNc1cc(N2CCCC2)nc(N2CCCC2)n1. The van der Waals surface area contributed by atoms with Gasteiger partial charge in [0.2, 0.25) is 11.8 Å². The summed E-state index contributed by atoms with van der Waals surface area (Å²) in [5.74, 6) is 1.08. The van der Waals surface area contributed by atoms with Crippen LogP contribution in [0.15, 0.2) is 24.3 Å². The molecule has 0 aliphatic carbocycles. The first-order valence-electron chi connectivity index (χ1n) is 12.4. The van der Waals surface area contributed by atoms with Gasteiger partial charge in [-0.3, -0.25) is 14.9 Å². The molecule has 0 spiro atoms. The zero-order valence-corrected chi connectivity index (χ0v) is 20.6. The van der Waals surface area contributed by atoms with Crippen molar-refractivity contribution in [2.24, 2.45) is 0 Å². The standard InChI is InChI=1S/C24H33FN8O3/c1-30(15-9-27-23(34)18-6-7-20(33(35)36)19(25)16-18)14-8-26-21-17-22(31-10-2-3-11-31)29-24(28-21)32-12-4-5-13-32/h6-7,16-17H,2-5,8-15H2,1H3,(H,27,34)(H,26,28,29). The van der Waals surface area contributed by atoms with E-state index in [1.54, 1.807) is 0 Å². The van der Waals surface area contributed by atoms with Crippen LogP contribution in [-0.4, -0.2) is 85.1 Å². The van der Waals surface area contributed by atoms with Gasteiger partial charge >= 0.3 is 5.69 Å². The largest absolute Gasteiger partial charge is 0.369 e. The number of carbonyl (C=O) groups is 1. The fourth-order valence-electron chi connectivity index (χ4n) is 4.42. The Hall–Kier alpha value is -3.54. The lowest BCUT2D eigenvalue weighted by molar-refractivity contribution is -0.387. The van der Waals surface area contributed by atoms with Crippen LogP contribution >= 0.6 is 0 Å². The molecule has 0 saturated carbocycles. The number of benzene rings is 1. The van der Waals surface area contributed by atoms with Crippen molar-refractivity contribution >= 4 is 29.2 Å². The number of nitro groups is 1. The van der Waals surface area contributed by atoms with Crippen LogP contribution in [0.4, 0.5) is 27.7 Å². The fourth-order valence-corrected chi connectivity index (χ4v) is 4.42. The molecule has 36 heavy (non-hydrogen) atoms. The summed E-state index contributed by atoms with van der Waals surface area (Å²) in [4.78, 5) is 38.4. The molecule has 0 unspecified atom stereocenters. The molecule has 12 heteroatoms. The Bertz CT molecular complexity index is 1040. The number of likely N-dealkylation sites (N-methyl/N-ethyl adjacent to an activating group) is 1. The molecule has 1 aromatic carbocycles. The van der Waals surface area contributed by atoms with Crippen molar-refractivity contribution in [1.82, 2.24) is 20.2 Å². The number of amides is 1. The highest BCUT2D eigenvalue weighted by Crippen LogP contribution is 2.25. The summed E-state index contributed by atoms with van der Waals surface area (Å²) in [6, 6.07) is 5.16. The van der Waals surface area contributed by atoms with Gasteiger partial charge in [0.15, 0.2) is 0 Å². The van der Waals surface area contributed by atoms with E-state index in [-0.39, 0.29) is 5.56 Å². The van der Waals surface area contributed by atoms with E-state index in [0.717, 1.165) is 62.4 Å². The minimum Gasteiger partial charge on any atom is -0.369 e. The predicted molar refractivity (Wildman–Crippen MR) is 136 cm³/mol. The molecule has 2 N–H and O–H groups in total. The second kappa shape index (κ2) is 11.9. The number of nitro benzene ring substituents is 1. The van der Waals surface area contributed by atoms with Crippen molar-refractivity contribution in [2.45, 2.75) is 25.7 Å². The van der Waals surface area contributed by atoms with Crippen LogP contribution in [0.3, 0.4) is 0 Å². The highest BCUT2D eigenvalue weighted by molar-refractivity contribution is 5.94. The second-order valence-corrected chi connectivity index (χ2v) is 9.21. The molecule has 0 radical (unpaired) electrons. The maximum absolute atomic E-state index is 13.8. The van der Waals surface area contributed by atoms with Gasteiger partial charge in [0.1, 0.15) is 11.6 Å². The van der Waals surface area contributed by atoms with Crippen LogP contribution in [0.2, 0.25) is 0 Å². The highest BCUT2D eigenvalue weighted by Gasteiger charge is 2.20. The molecule has 2 aliphatic heterocycles. The van der Waals surface area contributed by atoms with E-state index in [9.17, 15) is 19.3 Å². The summed E-state index contributed by atoms with van der Waals surface area (Å²) >= 11 is 0. The summed E-state index contributed by atoms with van der Waals surface area (Å²) in [7, 11) is 1.95. The Morgan fingerprint density at radius 1 is 1.06 bits per heavy atom. The number of nitrogens with one attached hydrogen (secondary N) is 2. The number of hydrogen-bond acceptors (Lipinski definition) is 9. The Morgan fingerprint density at radius 2 is 1.72 bits per heavy atom. The molecule has 194 valence electrons. The maximum atomic E-state index is 13.8. The third kappa shape index (κ3) is 6.56. The zero-order valence-electron chi connectivity index (χ0n) is 20.6. The van der Waals surface area contributed by atoms with Crippen molar-refractivity contribution in [3.8, 4) is 0 Å².